The van der Waals surface area contributed by atoms with Gasteiger partial charge in [-0.2, -0.15) is 0 Å². The predicted molar refractivity (Wildman–Crippen MR) is 140 cm³/mol. The van der Waals surface area contributed by atoms with E-state index in [9.17, 15) is 14.7 Å². The molecule has 1 aliphatic heterocycles. The summed E-state index contributed by atoms with van der Waals surface area (Å²) in [7, 11) is 1.54. The van der Waals surface area contributed by atoms with Crippen molar-refractivity contribution in [3.63, 3.8) is 0 Å². The molecular formula is C30H31NO5. The van der Waals surface area contributed by atoms with Gasteiger partial charge in [-0.05, 0) is 60.9 Å². The zero-order valence-corrected chi connectivity index (χ0v) is 20.9. The molecular weight excluding hydrogens is 454 g/mol. The van der Waals surface area contributed by atoms with E-state index in [4.69, 9.17) is 9.47 Å². The number of aliphatic hydroxyl groups is 1. The van der Waals surface area contributed by atoms with Crippen LogP contribution in [0.5, 0.6) is 11.5 Å². The second kappa shape index (κ2) is 11.1. The molecule has 0 aliphatic carbocycles. The highest BCUT2D eigenvalue weighted by molar-refractivity contribution is 6.51. The van der Waals surface area contributed by atoms with Crippen molar-refractivity contribution in [1.82, 2.24) is 0 Å². The summed E-state index contributed by atoms with van der Waals surface area (Å²) in [6, 6.07) is 20.7. The third-order valence-corrected chi connectivity index (χ3v) is 6.40. The molecule has 1 N–H and O–H groups in total. The number of amides is 1. The van der Waals surface area contributed by atoms with Crippen molar-refractivity contribution < 1.29 is 24.2 Å². The van der Waals surface area contributed by atoms with Crippen molar-refractivity contribution in [2.45, 2.75) is 39.2 Å². The minimum Gasteiger partial charge on any atom is -0.507 e. The van der Waals surface area contributed by atoms with Crippen LogP contribution in [0, 0.1) is 6.92 Å². The predicted octanol–water partition coefficient (Wildman–Crippen LogP) is 6.20. The second-order valence-electron chi connectivity index (χ2n) is 8.81. The van der Waals surface area contributed by atoms with Crippen LogP contribution < -0.4 is 14.4 Å². The van der Waals surface area contributed by atoms with E-state index in [1.807, 2.05) is 31.2 Å². The lowest BCUT2D eigenvalue weighted by Crippen LogP contribution is -2.29. The number of benzene rings is 3. The van der Waals surface area contributed by atoms with Gasteiger partial charge in [0.15, 0.2) is 0 Å². The highest BCUT2D eigenvalue weighted by atomic mass is 16.5. The molecule has 1 aliphatic rings. The van der Waals surface area contributed by atoms with E-state index in [0.29, 0.717) is 29.4 Å². The summed E-state index contributed by atoms with van der Waals surface area (Å²) in [6.07, 6.45) is 3.19. The third kappa shape index (κ3) is 4.98. The van der Waals surface area contributed by atoms with Crippen LogP contribution >= 0.6 is 0 Å². The number of Topliss-reactive ketones (excluding diaryl/α,β-unsaturated/α-hetero) is 1. The summed E-state index contributed by atoms with van der Waals surface area (Å²) >= 11 is 0. The maximum atomic E-state index is 13.4. The first-order valence-corrected chi connectivity index (χ1v) is 12.2. The number of ketones is 1. The molecule has 1 atom stereocenters. The standard InChI is InChI=1S/C30H31NO5/c1-4-5-8-18-36-23-16-14-21(15-17-23)28(32)26-27(25-13-7-6-10-20(25)2)31(30(34)29(26)33)22-11-9-12-24(19-22)35-3/h6-7,9-17,19,27,32H,4-5,8,18H2,1-3H3/b28-26+. The van der Waals surface area contributed by atoms with E-state index >= 15 is 0 Å². The fraction of sp³-hybridized carbons (Fsp3) is 0.267. The molecule has 36 heavy (non-hydrogen) atoms. The number of ether oxygens (including phenoxy) is 2. The molecule has 6 nitrogen and oxygen atoms in total. The number of aliphatic hydroxyl groups excluding tert-OH is 1. The lowest BCUT2D eigenvalue weighted by atomic mass is 9.92. The van der Waals surface area contributed by atoms with Gasteiger partial charge in [0.05, 0.1) is 25.3 Å². The molecule has 0 aromatic heterocycles. The Bertz CT molecular complexity index is 1280. The molecule has 3 aromatic rings. The van der Waals surface area contributed by atoms with E-state index in [0.717, 1.165) is 30.4 Å². The first-order valence-electron chi connectivity index (χ1n) is 12.2. The van der Waals surface area contributed by atoms with Crippen LogP contribution in [0.3, 0.4) is 0 Å². The van der Waals surface area contributed by atoms with Crippen LogP contribution in [0.2, 0.25) is 0 Å². The minimum absolute atomic E-state index is 0.0498. The quantitative estimate of drug-likeness (QED) is 0.169. The van der Waals surface area contributed by atoms with Gasteiger partial charge in [-0.1, -0.05) is 50.1 Å². The third-order valence-electron chi connectivity index (χ3n) is 6.40. The first kappa shape index (κ1) is 25.0. The fourth-order valence-corrected chi connectivity index (χ4v) is 4.45. The number of hydrogen-bond acceptors (Lipinski definition) is 5. The van der Waals surface area contributed by atoms with Crippen molar-refractivity contribution in [1.29, 1.82) is 0 Å². The fourth-order valence-electron chi connectivity index (χ4n) is 4.45. The zero-order valence-electron chi connectivity index (χ0n) is 20.9. The van der Waals surface area contributed by atoms with Gasteiger partial charge in [0.2, 0.25) is 0 Å². The summed E-state index contributed by atoms with van der Waals surface area (Å²) in [6.45, 7) is 4.68. The Hall–Kier alpha value is -4.06. The number of hydrogen-bond donors (Lipinski definition) is 1. The molecule has 186 valence electrons. The topological polar surface area (TPSA) is 76.1 Å². The molecule has 1 fully saturated rings. The van der Waals surface area contributed by atoms with Crippen LogP contribution in [0.25, 0.3) is 5.76 Å². The highest BCUT2D eigenvalue weighted by Gasteiger charge is 2.47. The Morgan fingerprint density at radius 1 is 0.944 bits per heavy atom. The molecule has 4 rings (SSSR count). The second-order valence-corrected chi connectivity index (χ2v) is 8.81. The molecule has 3 aromatic carbocycles. The van der Waals surface area contributed by atoms with Crippen molar-refractivity contribution in [3.05, 3.63) is 95.1 Å². The van der Waals surface area contributed by atoms with Crippen LogP contribution in [0.1, 0.15) is 48.9 Å². The number of aryl methyl sites for hydroxylation is 1. The number of carbonyl (C=O) groups is 2. The van der Waals surface area contributed by atoms with Gasteiger partial charge in [-0.3, -0.25) is 14.5 Å². The minimum atomic E-state index is -0.789. The molecule has 1 heterocycles. The molecule has 1 unspecified atom stereocenters. The number of anilines is 1. The molecule has 0 saturated carbocycles. The SMILES string of the molecule is CCCCCOc1ccc(/C(O)=C2\C(=O)C(=O)N(c3cccc(OC)c3)C2c2ccccc2C)cc1. The largest absolute Gasteiger partial charge is 0.507 e. The number of nitrogens with zero attached hydrogens (tertiary/aromatic N) is 1. The summed E-state index contributed by atoms with van der Waals surface area (Å²) in [5.74, 6) is -0.399. The average molecular weight is 486 g/mol. The van der Waals surface area contributed by atoms with Gasteiger partial charge in [0.25, 0.3) is 11.7 Å². The molecule has 1 saturated heterocycles. The van der Waals surface area contributed by atoms with Crippen molar-refractivity contribution in [2.24, 2.45) is 0 Å². The Balaban J connectivity index is 1.78. The lowest BCUT2D eigenvalue weighted by Gasteiger charge is -2.27. The van der Waals surface area contributed by atoms with E-state index in [-0.39, 0.29) is 11.3 Å². The van der Waals surface area contributed by atoms with Gasteiger partial charge < -0.3 is 14.6 Å². The number of rotatable bonds is 9. The first-order chi connectivity index (χ1) is 17.5. The normalized spacial score (nSPS) is 16.9. The van der Waals surface area contributed by atoms with Crippen molar-refractivity contribution in [3.8, 4) is 11.5 Å². The lowest BCUT2D eigenvalue weighted by molar-refractivity contribution is -0.132. The maximum absolute atomic E-state index is 13.4. The van der Waals surface area contributed by atoms with Gasteiger partial charge in [0.1, 0.15) is 17.3 Å². The van der Waals surface area contributed by atoms with Gasteiger partial charge in [-0.15, -0.1) is 0 Å². The summed E-state index contributed by atoms with van der Waals surface area (Å²) < 4.78 is 11.1. The summed E-state index contributed by atoms with van der Waals surface area (Å²) in [4.78, 5) is 28.1. The monoisotopic (exact) mass is 485 g/mol. The number of methoxy groups -OCH3 is 1. The van der Waals surface area contributed by atoms with Crippen molar-refractivity contribution in [2.75, 3.05) is 18.6 Å². The van der Waals surface area contributed by atoms with E-state index in [1.165, 1.54) is 4.90 Å². The van der Waals surface area contributed by atoms with Crippen LogP contribution in [0.4, 0.5) is 5.69 Å². The van der Waals surface area contributed by atoms with Gasteiger partial charge in [0, 0.05) is 17.3 Å². The maximum Gasteiger partial charge on any atom is 0.300 e. The number of unbranched alkanes of at least 4 members (excludes halogenated alkanes) is 2. The molecule has 0 radical (unpaired) electrons. The van der Waals surface area contributed by atoms with E-state index in [1.54, 1.807) is 55.6 Å². The molecule has 0 spiro atoms. The Morgan fingerprint density at radius 3 is 2.39 bits per heavy atom. The molecule has 6 heteroatoms. The van der Waals surface area contributed by atoms with Crippen LogP contribution in [-0.4, -0.2) is 30.5 Å². The van der Waals surface area contributed by atoms with Crippen LogP contribution in [0.15, 0.2) is 78.4 Å². The Kier molecular flexibility index (Phi) is 7.74. The van der Waals surface area contributed by atoms with Gasteiger partial charge >= 0.3 is 0 Å². The van der Waals surface area contributed by atoms with Gasteiger partial charge in [-0.25, -0.2) is 0 Å². The summed E-state index contributed by atoms with van der Waals surface area (Å²) in [5, 5.41) is 11.3. The summed E-state index contributed by atoms with van der Waals surface area (Å²) in [5.41, 5.74) is 2.67. The number of carbonyl (C=O) groups excluding carboxylic acids is 2. The molecule has 0 bridgehead atoms. The Morgan fingerprint density at radius 2 is 1.69 bits per heavy atom. The Labute approximate surface area is 211 Å². The molecule has 1 amide bonds. The van der Waals surface area contributed by atoms with E-state index < -0.39 is 17.7 Å². The van der Waals surface area contributed by atoms with Crippen molar-refractivity contribution >= 4 is 23.1 Å². The highest BCUT2D eigenvalue weighted by Crippen LogP contribution is 2.43. The average Bonchev–Trinajstić information content (AvgIpc) is 3.16. The zero-order chi connectivity index (χ0) is 25.7. The van der Waals surface area contributed by atoms with E-state index in [2.05, 4.69) is 6.92 Å². The smallest absolute Gasteiger partial charge is 0.300 e. The van der Waals surface area contributed by atoms with Crippen LogP contribution in [-0.2, 0) is 9.59 Å².